The summed E-state index contributed by atoms with van der Waals surface area (Å²) < 4.78 is 0. The van der Waals surface area contributed by atoms with Crippen molar-refractivity contribution in [2.45, 2.75) is 32.7 Å². The minimum absolute atomic E-state index is 0.138. The van der Waals surface area contributed by atoms with Crippen LogP contribution in [0.2, 0.25) is 0 Å². The van der Waals surface area contributed by atoms with E-state index in [1.54, 1.807) is 11.3 Å². The van der Waals surface area contributed by atoms with Gasteiger partial charge in [0.1, 0.15) is 0 Å². The van der Waals surface area contributed by atoms with Crippen molar-refractivity contribution in [2.24, 2.45) is 5.73 Å². The topological polar surface area (TPSA) is 46.3 Å². The Balaban J connectivity index is 2.57. The van der Waals surface area contributed by atoms with Crippen molar-refractivity contribution in [3.63, 3.8) is 0 Å². The van der Waals surface area contributed by atoms with Crippen LogP contribution in [0, 0.1) is 0 Å². The van der Waals surface area contributed by atoms with Crippen LogP contribution in [0.15, 0.2) is 17.5 Å². The van der Waals surface area contributed by atoms with E-state index in [1.807, 2.05) is 36.3 Å². The van der Waals surface area contributed by atoms with Gasteiger partial charge in [-0.05, 0) is 25.3 Å². The van der Waals surface area contributed by atoms with E-state index in [0.29, 0.717) is 24.4 Å². The normalized spacial score (nSPS) is 10.5. The van der Waals surface area contributed by atoms with Crippen molar-refractivity contribution < 1.29 is 4.79 Å². The number of amides is 1. The number of nitrogens with two attached hydrogens (primary N) is 1. The predicted molar refractivity (Wildman–Crippen MR) is 76.3 cm³/mol. The van der Waals surface area contributed by atoms with Crippen molar-refractivity contribution in [1.29, 1.82) is 0 Å². The first-order chi connectivity index (χ1) is 8.00. The fraction of sp³-hybridized carbons (Fsp3) is 0.500. The van der Waals surface area contributed by atoms with Crippen LogP contribution in [0.1, 0.15) is 25.1 Å². The molecular weight excluding hydrogens is 252 g/mol. The maximum Gasteiger partial charge on any atom is 0.228 e. The summed E-state index contributed by atoms with van der Waals surface area (Å²) in [6.45, 7) is 4.62. The largest absolute Gasteiger partial charge is 0.393 e. The van der Waals surface area contributed by atoms with Crippen LogP contribution in [0.3, 0.4) is 0 Å². The molecule has 0 aliphatic carbocycles. The molecule has 0 saturated heterocycles. The molecule has 5 heteroatoms. The lowest BCUT2D eigenvalue weighted by atomic mass is 10.2. The Kier molecular flexibility index (Phi) is 5.58. The van der Waals surface area contributed by atoms with Gasteiger partial charge in [0.2, 0.25) is 5.91 Å². The Bertz CT molecular complexity index is 374. The summed E-state index contributed by atoms with van der Waals surface area (Å²) in [4.78, 5) is 15.5. The molecule has 0 fully saturated rings. The van der Waals surface area contributed by atoms with Gasteiger partial charge < -0.3 is 10.6 Å². The molecule has 0 bridgehead atoms. The third-order valence-electron chi connectivity index (χ3n) is 2.45. The van der Waals surface area contributed by atoms with Crippen LogP contribution < -0.4 is 5.73 Å². The van der Waals surface area contributed by atoms with E-state index in [1.165, 1.54) is 0 Å². The van der Waals surface area contributed by atoms with Crippen molar-refractivity contribution >= 4 is 34.5 Å². The molecule has 0 unspecified atom stereocenters. The Hall–Kier alpha value is -0.940. The number of hydrogen-bond donors (Lipinski definition) is 1. The van der Waals surface area contributed by atoms with Gasteiger partial charge in [-0.15, -0.1) is 11.3 Å². The highest BCUT2D eigenvalue weighted by molar-refractivity contribution is 7.80. The maximum atomic E-state index is 12.1. The van der Waals surface area contributed by atoms with Gasteiger partial charge in [0.15, 0.2) is 0 Å². The monoisotopic (exact) mass is 270 g/mol. The van der Waals surface area contributed by atoms with Crippen LogP contribution in [0.25, 0.3) is 0 Å². The van der Waals surface area contributed by atoms with Gasteiger partial charge in [-0.2, -0.15) is 0 Å². The van der Waals surface area contributed by atoms with E-state index in [-0.39, 0.29) is 11.9 Å². The average molecular weight is 270 g/mol. The van der Waals surface area contributed by atoms with Crippen molar-refractivity contribution in [1.82, 2.24) is 4.90 Å². The van der Waals surface area contributed by atoms with E-state index in [9.17, 15) is 4.79 Å². The van der Waals surface area contributed by atoms with Gasteiger partial charge in [0.05, 0.1) is 11.4 Å². The molecule has 1 aromatic rings. The van der Waals surface area contributed by atoms with Gasteiger partial charge in [-0.1, -0.05) is 18.3 Å². The maximum absolute atomic E-state index is 12.1. The molecule has 1 heterocycles. The molecule has 3 nitrogen and oxygen atoms in total. The van der Waals surface area contributed by atoms with Crippen LogP contribution in [-0.2, 0) is 11.2 Å². The molecule has 0 radical (unpaired) electrons. The lowest BCUT2D eigenvalue weighted by molar-refractivity contribution is -0.131. The number of thiocarbonyl (C=S) groups is 1. The quantitative estimate of drug-likeness (QED) is 0.806. The number of carbonyl (C=O) groups is 1. The van der Waals surface area contributed by atoms with Crippen molar-refractivity contribution in [3.8, 4) is 0 Å². The number of hydrogen-bond acceptors (Lipinski definition) is 3. The third kappa shape index (κ3) is 4.83. The summed E-state index contributed by atoms with van der Waals surface area (Å²) in [6, 6.07) is 4.12. The first-order valence-corrected chi connectivity index (χ1v) is 6.89. The fourth-order valence-corrected chi connectivity index (χ4v) is 2.35. The standard InChI is InChI=1S/C12H18N2OS2/c1-9(2)14(6-5-11(13)16)12(15)8-10-4-3-7-17-10/h3-4,7,9H,5-6,8H2,1-2H3,(H2,13,16). The van der Waals surface area contributed by atoms with E-state index >= 15 is 0 Å². The molecule has 94 valence electrons. The molecule has 1 rings (SSSR count). The second kappa shape index (κ2) is 6.71. The lowest BCUT2D eigenvalue weighted by Gasteiger charge is -2.26. The highest BCUT2D eigenvalue weighted by Gasteiger charge is 2.17. The van der Waals surface area contributed by atoms with Gasteiger partial charge in [0, 0.05) is 23.9 Å². The minimum Gasteiger partial charge on any atom is -0.393 e. The molecule has 2 N–H and O–H groups in total. The fourth-order valence-electron chi connectivity index (χ4n) is 1.57. The average Bonchev–Trinajstić information content (AvgIpc) is 2.69. The smallest absolute Gasteiger partial charge is 0.228 e. The lowest BCUT2D eigenvalue weighted by Crippen LogP contribution is -2.39. The SMILES string of the molecule is CC(C)N(CCC(N)=S)C(=O)Cc1cccs1. The summed E-state index contributed by atoms with van der Waals surface area (Å²) in [6.07, 6.45) is 1.05. The summed E-state index contributed by atoms with van der Waals surface area (Å²) >= 11 is 6.45. The zero-order valence-electron chi connectivity index (χ0n) is 10.2. The first kappa shape index (κ1) is 14.1. The van der Waals surface area contributed by atoms with Crippen LogP contribution in [0.5, 0.6) is 0 Å². The Morgan fingerprint density at radius 3 is 2.76 bits per heavy atom. The molecule has 0 atom stereocenters. The second-order valence-corrected chi connectivity index (χ2v) is 5.71. The third-order valence-corrected chi connectivity index (χ3v) is 3.53. The molecule has 17 heavy (non-hydrogen) atoms. The molecule has 0 aliphatic rings. The second-order valence-electron chi connectivity index (χ2n) is 4.15. The Labute approximate surface area is 112 Å². The Morgan fingerprint density at radius 1 is 1.59 bits per heavy atom. The molecular formula is C12H18N2OS2. The number of rotatable bonds is 6. The van der Waals surface area contributed by atoms with E-state index in [0.717, 1.165) is 4.88 Å². The molecule has 0 aromatic carbocycles. The van der Waals surface area contributed by atoms with Crippen molar-refractivity contribution in [3.05, 3.63) is 22.4 Å². The van der Waals surface area contributed by atoms with Crippen LogP contribution >= 0.6 is 23.6 Å². The summed E-state index contributed by atoms with van der Waals surface area (Å²) in [5, 5.41) is 1.98. The number of thiophene rings is 1. The number of nitrogens with zero attached hydrogens (tertiary/aromatic N) is 1. The van der Waals surface area contributed by atoms with E-state index < -0.39 is 0 Å². The highest BCUT2D eigenvalue weighted by Crippen LogP contribution is 2.12. The number of carbonyl (C=O) groups excluding carboxylic acids is 1. The zero-order chi connectivity index (χ0) is 12.8. The first-order valence-electron chi connectivity index (χ1n) is 5.61. The van der Waals surface area contributed by atoms with Crippen LogP contribution in [-0.4, -0.2) is 28.4 Å². The van der Waals surface area contributed by atoms with Crippen LogP contribution in [0.4, 0.5) is 0 Å². The van der Waals surface area contributed by atoms with Gasteiger partial charge in [-0.25, -0.2) is 0 Å². The summed E-state index contributed by atoms with van der Waals surface area (Å²) in [5.74, 6) is 0.138. The minimum atomic E-state index is 0.138. The van der Waals surface area contributed by atoms with E-state index in [2.05, 4.69) is 0 Å². The Morgan fingerprint density at radius 2 is 2.29 bits per heavy atom. The molecule has 0 spiro atoms. The predicted octanol–water partition coefficient (Wildman–Crippen LogP) is 2.20. The molecule has 0 aliphatic heterocycles. The van der Waals surface area contributed by atoms with Gasteiger partial charge in [-0.3, -0.25) is 4.79 Å². The molecule has 1 aromatic heterocycles. The summed E-state index contributed by atoms with van der Waals surface area (Å²) in [5.41, 5.74) is 5.47. The van der Waals surface area contributed by atoms with Gasteiger partial charge >= 0.3 is 0 Å². The molecule has 1 amide bonds. The van der Waals surface area contributed by atoms with Crippen molar-refractivity contribution in [2.75, 3.05) is 6.54 Å². The summed E-state index contributed by atoms with van der Waals surface area (Å²) in [7, 11) is 0. The van der Waals surface area contributed by atoms with E-state index in [4.69, 9.17) is 18.0 Å². The molecule has 0 saturated carbocycles. The zero-order valence-corrected chi connectivity index (χ0v) is 11.8. The highest BCUT2D eigenvalue weighted by atomic mass is 32.1. The van der Waals surface area contributed by atoms with Gasteiger partial charge in [0.25, 0.3) is 0 Å².